The van der Waals surface area contributed by atoms with Crippen LogP contribution in [0.3, 0.4) is 0 Å². The third-order valence-electron chi connectivity index (χ3n) is 10.0. The van der Waals surface area contributed by atoms with Crippen LogP contribution in [0.1, 0.15) is 72.8 Å². The van der Waals surface area contributed by atoms with E-state index in [2.05, 4.69) is 121 Å². The van der Waals surface area contributed by atoms with Gasteiger partial charge in [-0.15, -0.1) is 0 Å². The van der Waals surface area contributed by atoms with Crippen LogP contribution < -0.4 is 0 Å². The predicted octanol–water partition coefficient (Wildman–Crippen LogP) is 11.0. The minimum atomic E-state index is -0.431. The fourth-order valence-electron chi connectivity index (χ4n) is 8.35. The maximum absolute atomic E-state index is 13.7. The largest absolute Gasteiger partial charge is 0.251 e. The number of fused-ring (bicyclic) bond motifs is 7. The number of unbranched alkanes of at least 4 members (excludes halogenated alkanes) is 2. The Morgan fingerprint density at radius 3 is 1.74 bits per heavy atom. The molecule has 3 aliphatic rings. The zero-order valence-electron chi connectivity index (χ0n) is 24.7. The smallest absolute Gasteiger partial charge is 0.0894 e. The molecule has 2 unspecified atom stereocenters. The highest BCUT2D eigenvalue weighted by atomic mass is 19.1. The van der Waals surface area contributed by atoms with E-state index in [-0.39, 0.29) is 13.3 Å². The van der Waals surface area contributed by atoms with Gasteiger partial charge in [-0.2, -0.15) is 0 Å². The summed E-state index contributed by atoms with van der Waals surface area (Å²) in [5.41, 5.74) is 12.1. The molecule has 0 nitrogen and oxygen atoms in total. The van der Waals surface area contributed by atoms with Gasteiger partial charge in [0, 0.05) is 10.8 Å². The van der Waals surface area contributed by atoms with Crippen LogP contribution in [0, 0.1) is 0 Å². The van der Waals surface area contributed by atoms with Gasteiger partial charge in [0.25, 0.3) is 0 Å². The van der Waals surface area contributed by atoms with Crippen molar-refractivity contribution in [3.63, 3.8) is 0 Å². The lowest BCUT2D eigenvalue weighted by molar-refractivity contribution is 0.423. The van der Waals surface area contributed by atoms with Crippen molar-refractivity contribution >= 4 is 0 Å². The van der Waals surface area contributed by atoms with Crippen molar-refractivity contribution in [2.45, 2.75) is 55.8 Å². The van der Waals surface area contributed by atoms with Crippen LogP contribution in [0.25, 0.3) is 22.3 Å². The number of hydrogen-bond donors (Lipinski definition) is 0. The Morgan fingerprint density at radius 1 is 0.535 bits per heavy atom. The monoisotopic (exact) mass is 568 g/mol. The third kappa shape index (κ3) is 4.21. The Kier molecular flexibility index (Phi) is 7.47. The molecule has 216 valence electrons. The van der Waals surface area contributed by atoms with E-state index in [1.807, 2.05) is 0 Å². The molecule has 0 aromatic heterocycles. The molecule has 0 saturated heterocycles. The first kappa shape index (κ1) is 27.8. The van der Waals surface area contributed by atoms with Crippen LogP contribution >= 0.6 is 0 Å². The minimum absolute atomic E-state index is 0.311. The Bertz CT molecular complexity index is 1730. The van der Waals surface area contributed by atoms with Gasteiger partial charge in [0.2, 0.25) is 0 Å². The van der Waals surface area contributed by atoms with E-state index in [0.717, 1.165) is 32.1 Å². The molecule has 0 amide bonds. The SMILES string of the molecule is FCCCCC1(C2=CC=CCC=C2)c2ccccc2-c2ccc3c(c21)C(CCCCF)(c1ccccc1)c1ccccc1-3. The second-order valence-electron chi connectivity index (χ2n) is 12.2. The lowest BCUT2D eigenvalue weighted by Gasteiger charge is -2.41. The maximum Gasteiger partial charge on any atom is 0.0894 e. The Hall–Kier alpha value is -4.04. The molecule has 3 aliphatic carbocycles. The highest BCUT2D eigenvalue weighted by Gasteiger charge is 2.53. The Labute approximate surface area is 254 Å². The van der Waals surface area contributed by atoms with E-state index in [9.17, 15) is 8.78 Å². The van der Waals surface area contributed by atoms with Crippen LogP contribution in [0.5, 0.6) is 0 Å². The fraction of sp³-hybridized carbons (Fsp3) is 0.268. The van der Waals surface area contributed by atoms with E-state index < -0.39 is 10.8 Å². The summed E-state index contributed by atoms with van der Waals surface area (Å²) in [6.07, 6.45) is 16.5. The Morgan fingerprint density at radius 2 is 1.09 bits per heavy atom. The van der Waals surface area contributed by atoms with Gasteiger partial charge in [-0.1, -0.05) is 121 Å². The van der Waals surface area contributed by atoms with Gasteiger partial charge in [0.05, 0.1) is 13.3 Å². The van der Waals surface area contributed by atoms with Crippen molar-refractivity contribution in [3.05, 3.63) is 155 Å². The molecule has 4 aromatic rings. The summed E-state index contributed by atoms with van der Waals surface area (Å²) in [5.74, 6) is 0. The van der Waals surface area contributed by atoms with Gasteiger partial charge in [-0.3, -0.25) is 8.78 Å². The summed E-state index contributed by atoms with van der Waals surface area (Å²) in [7, 11) is 0. The minimum Gasteiger partial charge on any atom is -0.251 e. The second-order valence-corrected chi connectivity index (χ2v) is 12.2. The molecule has 0 spiro atoms. The molecular formula is C41H38F2. The third-order valence-corrected chi connectivity index (χ3v) is 10.0. The van der Waals surface area contributed by atoms with Crippen LogP contribution in [0.4, 0.5) is 8.78 Å². The van der Waals surface area contributed by atoms with Crippen molar-refractivity contribution in [1.82, 2.24) is 0 Å². The molecule has 0 radical (unpaired) electrons. The van der Waals surface area contributed by atoms with Crippen LogP contribution in [-0.2, 0) is 10.8 Å². The molecule has 7 rings (SSSR count). The number of rotatable bonds is 10. The van der Waals surface area contributed by atoms with E-state index in [1.54, 1.807) is 0 Å². The topological polar surface area (TPSA) is 0 Å². The molecule has 0 heterocycles. The molecule has 0 N–H and O–H groups in total. The lowest BCUT2D eigenvalue weighted by atomic mass is 9.61. The van der Waals surface area contributed by atoms with Crippen LogP contribution in [0.15, 0.2) is 127 Å². The van der Waals surface area contributed by atoms with Gasteiger partial charge in [0.15, 0.2) is 0 Å². The summed E-state index contributed by atoms with van der Waals surface area (Å²) in [5, 5.41) is 0. The predicted molar refractivity (Wildman–Crippen MR) is 175 cm³/mol. The van der Waals surface area contributed by atoms with Crippen molar-refractivity contribution in [3.8, 4) is 22.3 Å². The van der Waals surface area contributed by atoms with Crippen molar-refractivity contribution in [2.24, 2.45) is 0 Å². The van der Waals surface area contributed by atoms with E-state index >= 15 is 0 Å². The van der Waals surface area contributed by atoms with Crippen molar-refractivity contribution in [2.75, 3.05) is 13.3 Å². The zero-order chi connectivity index (χ0) is 29.3. The molecule has 43 heavy (non-hydrogen) atoms. The number of alkyl halides is 2. The summed E-state index contributed by atoms with van der Waals surface area (Å²) in [6, 6.07) is 33.3. The molecule has 0 bridgehead atoms. The molecule has 0 saturated carbocycles. The Balaban J connectivity index is 1.62. The lowest BCUT2D eigenvalue weighted by Crippen LogP contribution is -2.34. The first-order valence-corrected chi connectivity index (χ1v) is 15.9. The average Bonchev–Trinajstić information content (AvgIpc) is 3.32. The molecule has 2 atom stereocenters. The second kappa shape index (κ2) is 11.6. The van der Waals surface area contributed by atoms with Crippen molar-refractivity contribution in [1.29, 1.82) is 0 Å². The van der Waals surface area contributed by atoms with Gasteiger partial charge >= 0.3 is 0 Å². The summed E-state index contributed by atoms with van der Waals surface area (Å²) < 4.78 is 27.4. The van der Waals surface area contributed by atoms with E-state index in [1.165, 1.54) is 55.6 Å². The van der Waals surface area contributed by atoms with Crippen molar-refractivity contribution < 1.29 is 8.78 Å². The molecule has 4 aromatic carbocycles. The maximum atomic E-state index is 13.7. The standard InChI is InChI=1S/C41H38F2/c42-28-14-12-26-40(30-16-4-1-2-5-17-30)36-22-10-8-20-32(36)34-24-25-35-33-21-9-11-23-37(33)41(27-13-15-29-43,39(35)38(34)40)31-18-6-3-7-19-31/h1,3-11,16-25H,2,12-15,26-29H2. The summed E-state index contributed by atoms with van der Waals surface area (Å²) in [4.78, 5) is 0. The van der Waals surface area contributed by atoms with Crippen LogP contribution in [-0.4, -0.2) is 13.3 Å². The van der Waals surface area contributed by atoms with E-state index in [4.69, 9.17) is 0 Å². The molecule has 2 heteroatoms. The quantitative estimate of drug-likeness (QED) is 0.167. The first-order chi connectivity index (χ1) is 21.3. The zero-order valence-corrected chi connectivity index (χ0v) is 24.7. The number of allylic oxidation sites excluding steroid dienone is 6. The highest BCUT2D eigenvalue weighted by molar-refractivity contribution is 5.94. The molecule has 0 aliphatic heterocycles. The summed E-state index contributed by atoms with van der Waals surface area (Å²) in [6.45, 7) is -0.621. The average molecular weight is 569 g/mol. The molecular weight excluding hydrogens is 530 g/mol. The van der Waals surface area contributed by atoms with Gasteiger partial charge in [-0.25, -0.2) is 0 Å². The van der Waals surface area contributed by atoms with Gasteiger partial charge in [0.1, 0.15) is 0 Å². The number of benzene rings is 4. The van der Waals surface area contributed by atoms with Crippen LogP contribution in [0.2, 0.25) is 0 Å². The highest BCUT2D eigenvalue weighted by Crippen LogP contribution is 2.64. The number of halogens is 2. The molecule has 0 fully saturated rings. The fourth-order valence-corrected chi connectivity index (χ4v) is 8.35. The summed E-state index contributed by atoms with van der Waals surface area (Å²) >= 11 is 0. The van der Waals surface area contributed by atoms with Gasteiger partial charge in [-0.05, 0) is 101 Å². The first-order valence-electron chi connectivity index (χ1n) is 15.9. The number of hydrogen-bond acceptors (Lipinski definition) is 0. The normalized spacial score (nSPS) is 21.1. The van der Waals surface area contributed by atoms with E-state index in [0.29, 0.717) is 12.8 Å². The van der Waals surface area contributed by atoms with Gasteiger partial charge < -0.3 is 0 Å².